The number of esters is 1. The van der Waals surface area contributed by atoms with E-state index in [9.17, 15) is 4.79 Å². The van der Waals surface area contributed by atoms with E-state index in [0.29, 0.717) is 25.4 Å². The van der Waals surface area contributed by atoms with E-state index in [0.717, 1.165) is 6.42 Å². The molecule has 2 rings (SSSR count). The maximum absolute atomic E-state index is 12.2. The molecule has 3 atom stereocenters. The van der Waals surface area contributed by atoms with E-state index in [4.69, 9.17) is 13.9 Å². The van der Waals surface area contributed by atoms with Gasteiger partial charge in [-0.25, -0.2) is 4.79 Å². The summed E-state index contributed by atoms with van der Waals surface area (Å²) in [5.74, 6) is -0.0142. The molecule has 0 saturated carbocycles. The summed E-state index contributed by atoms with van der Waals surface area (Å²) in [7, 11) is -1.83. The molecule has 1 aliphatic heterocycles. The lowest BCUT2D eigenvalue weighted by Gasteiger charge is -2.38. The van der Waals surface area contributed by atoms with Crippen LogP contribution in [0.2, 0.25) is 18.1 Å². The predicted molar refractivity (Wildman–Crippen MR) is 111 cm³/mol. The number of hydrogen-bond acceptors (Lipinski definition) is 4. The van der Waals surface area contributed by atoms with Crippen LogP contribution in [-0.2, 0) is 13.9 Å². The van der Waals surface area contributed by atoms with Crippen LogP contribution in [0.25, 0.3) is 0 Å². The molecule has 27 heavy (non-hydrogen) atoms. The van der Waals surface area contributed by atoms with Gasteiger partial charge in [0.2, 0.25) is 0 Å². The van der Waals surface area contributed by atoms with Crippen LogP contribution in [0.5, 0.6) is 0 Å². The molecule has 1 heterocycles. The molecule has 1 aliphatic rings. The van der Waals surface area contributed by atoms with Gasteiger partial charge in [0.15, 0.2) is 8.32 Å². The SMILES string of the molecule is C=CC(CO[Si](C)(C)C(C)(C)C)[C@@H]1OCC[C@H]1COC(=O)c1ccccc1. The van der Waals surface area contributed by atoms with Gasteiger partial charge in [0.1, 0.15) is 0 Å². The van der Waals surface area contributed by atoms with Crippen molar-refractivity contribution in [2.75, 3.05) is 19.8 Å². The number of hydrogen-bond donors (Lipinski definition) is 0. The Morgan fingerprint density at radius 1 is 1.33 bits per heavy atom. The van der Waals surface area contributed by atoms with E-state index < -0.39 is 8.32 Å². The monoisotopic (exact) mass is 390 g/mol. The molecule has 0 spiro atoms. The summed E-state index contributed by atoms with van der Waals surface area (Å²) in [6.07, 6.45) is 2.79. The van der Waals surface area contributed by atoms with Crippen molar-refractivity contribution in [2.24, 2.45) is 11.8 Å². The molecule has 150 valence electrons. The number of benzene rings is 1. The van der Waals surface area contributed by atoms with Crippen LogP contribution in [0.15, 0.2) is 43.0 Å². The van der Waals surface area contributed by atoms with E-state index in [2.05, 4.69) is 40.4 Å². The van der Waals surface area contributed by atoms with Crippen molar-refractivity contribution in [2.45, 2.75) is 51.4 Å². The molecule has 1 aromatic rings. The molecule has 1 fully saturated rings. The maximum atomic E-state index is 12.2. The Labute approximate surface area is 165 Å². The first-order valence-corrected chi connectivity index (χ1v) is 12.7. The van der Waals surface area contributed by atoms with Crippen molar-refractivity contribution >= 4 is 14.3 Å². The fourth-order valence-corrected chi connectivity index (χ4v) is 4.01. The van der Waals surface area contributed by atoms with Crippen molar-refractivity contribution in [1.29, 1.82) is 0 Å². The maximum Gasteiger partial charge on any atom is 0.338 e. The highest BCUT2D eigenvalue weighted by Gasteiger charge is 2.40. The minimum atomic E-state index is -1.83. The predicted octanol–water partition coefficient (Wildman–Crippen LogP) is 5.07. The molecule has 0 bridgehead atoms. The van der Waals surface area contributed by atoms with E-state index in [1.165, 1.54) is 0 Å². The zero-order chi connectivity index (χ0) is 20.1. The Morgan fingerprint density at radius 2 is 2.00 bits per heavy atom. The molecule has 0 amide bonds. The summed E-state index contributed by atoms with van der Waals surface area (Å²) in [4.78, 5) is 12.2. The molecule has 5 heteroatoms. The molecule has 0 aliphatic carbocycles. The van der Waals surface area contributed by atoms with Crippen molar-refractivity contribution in [3.8, 4) is 0 Å². The highest BCUT2D eigenvalue weighted by atomic mass is 28.4. The van der Waals surface area contributed by atoms with E-state index in [1.807, 2.05) is 24.3 Å². The second-order valence-electron chi connectivity index (χ2n) is 8.82. The molecule has 0 N–H and O–H groups in total. The largest absolute Gasteiger partial charge is 0.462 e. The van der Waals surface area contributed by atoms with Gasteiger partial charge in [-0.3, -0.25) is 0 Å². The van der Waals surface area contributed by atoms with Crippen LogP contribution in [0.4, 0.5) is 0 Å². The van der Waals surface area contributed by atoms with Crippen molar-refractivity contribution < 1.29 is 18.7 Å². The second kappa shape index (κ2) is 9.17. The van der Waals surface area contributed by atoms with Crippen LogP contribution in [0.3, 0.4) is 0 Å². The van der Waals surface area contributed by atoms with Gasteiger partial charge >= 0.3 is 5.97 Å². The number of carbonyl (C=O) groups excluding carboxylic acids is 1. The average molecular weight is 391 g/mol. The fourth-order valence-electron chi connectivity index (χ4n) is 2.97. The first-order valence-electron chi connectivity index (χ1n) is 9.76. The van der Waals surface area contributed by atoms with Gasteiger partial charge in [0.25, 0.3) is 0 Å². The summed E-state index contributed by atoms with van der Waals surface area (Å²) >= 11 is 0. The zero-order valence-corrected chi connectivity index (χ0v) is 18.4. The Morgan fingerprint density at radius 3 is 2.59 bits per heavy atom. The Hall–Kier alpha value is -1.43. The molecule has 0 aromatic heterocycles. The quantitative estimate of drug-likeness (QED) is 0.353. The fraction of sp³-hybridized carbons (Fsp3) is 0.591. The van der Waals surface area contributed by atoms with E-state index in [-0.39, 0.29) is 28.9 Å². The number of rotatable bonds is 8. The summed E-state index contributed by atoms with van der Waals surface area (Å²) in [6, 6.07) is 9.10. The third-order valence-electron chi connectivity index (χ3n) is 5.87. The van der Waals surface area contributed by atoms with Gasteiger partial charge in [-0.15, -0.1) is 6.58 Å². The molecule has 4 nitrogen and oxygen atoms in total. The topological polar surface area (TPSA) is 44.8 Å². The van der Waals surface area contributed by atoms with Crippen LogP contribution in [0, 0.1) is 11.8 Å². The standard InChI is InChI=1S/C22H34O4Si/c1-7-17(16-26-27(5,6)22(2,3)4)20-19(13-14-24-20)15-25-21(23)18-11-9-8-10-12-18/h7-12,17,19-20H,1,13-16H2,2-6H3/t17?,19-,20-/m0/s1. The van der Waals surface area contributed by atoms with Gasteiger partial charge < -0.3 is 13.9 Å². The summed E-state index contributed by atoms with van der Waals surface area (Å²) < 4.78 is 17.9. The van der Waals surface area contributed by atoms with Crippen molar-refractivity contribution in [1.82, 2.24) is 0 Å². The van der Waals surface area contributed by atoms with Crippen LogP contribution in [0.1, 0.15) is 37.6 Å². The summed E-state index contributed by atoms with van der Waals surface area (Å²) in [5.41, 5.74) is 0.578. The Balaban J connectivity index is 1.93. The highest BCUT2D eigenvalue weighted by molar-refractivity contribution is 6.74. The third-order valence-corrected chi connectivity index (χ3v) is 10.4. The molecular formula is C22H34O4Si. The van der Waals surface area contributed by atoms with Crippen molar-refractivity contribution in [3.05, 3.63) is 48.6 Å². The normalized spacial score (nSPS) is 21.7. The Kier molecular flexibility index (Phi) is 7.43. The van der Waals surface area contributed by atoms with Crippen LogP contribution < -0.4 is 0 Å². The minimum Gasteiger partial charge on any atom is -0.462 e. The third kappa shape index (κ3) is 5.77. The summed E-state index contributed by atoms with van der Waals surface area (Å²) in [5, 5.41) is 0.167. The van der Waals surface area contributed by atoms with Crippen molar-refractivity contribution in [3.63, 3.8) is 0 Å². The second-order valence-corrected chi connectivity index (χ2v) is 13.6. The van der Waals surface area contributed by atoms with E-state index >= 15 is 0 Å². The van der Waals surface area contributed by atoms with Gasteiger partial charge in [-0.1, -0.05) is 45.0 Å². The lowest BCUT2D eigenvalue weighted by atomic mass is 9.92. The highest BCUT2D eigenvalue weighted by Crippen LogP contribution is 2.37. The molecular weight excluding hydrogens is 356 g/mol. The molecule has 1 unspecified atom stereocenters. The zero-order valence-electron chi connectivity index (χ0n) is 17.4. The van der Waals surface area contributed by atoms with Gasteiger partial charge in [-0.05, 0) is 36.7 Å². The smallest absolute Gasteiger partial charge is 0.338 e. The lowest BCUT2D eigenvalue weighted by Crippen LogP contribution is -2.43. The first-order chi connectivity index (χ1) is 12.7. The Bertz CT molecular complexity index is 621. The van der Waals surface area contributed by atoms with Gasteiger partial charge in [0.05, 0.1) is 18.3 Å². The average Bonchev–Trinajstić information content (AvgIpc) is 3.08. The molecule has 1 aromatic carbocycles. The summed E-state index contributed by atoms with van der Waals surface area (Å²) in [6.45, 7) is 16.9. The van der Waals surface area contributed by atoms with E-state index in [1.54, 1.807) is 12.1 Å². The van der Waals surface area contributed by atoms with Crippen LogP contribution in [-0.4, -0.2) is 40.2 Å². The lowest BCUT2D eigenvalue weighted by molar-refractivity contribution is 0.0106. The number of carbonyl (C=O) groups is 1. The minimum absolute atomic E-state index is 0.0177. The van der Waals surface area contributed by atoms with Gasteiger partial charge in [0, 0.05) is 25.0 Å². The number of ether oxygens (including phenoxy) is 2. The van der Waals surface area contributed by atoms with Gasteiger partial charge in [-0.2, -0.15) is 0 Å². The van der Waals surface area contributed by atoms with Crippen LogP contribution >= 0.6 is 0 Å². The molecule has 1 saturated heterocycles. The first kappa shape index (κ1) is 21.9. The molecule has 0 radical (unpaired) electrons.